The average molecular weight is 360 g/mol. The fourth-order valence-corrected chi connectivity index (χ4v) is 3.84. The predicted molar refractivity (Wildman–Crippen MR) is 98.3 cm³/mol. The second kappa shape index (κ2) is 7.76. The van der Waals surface area contributed by atoms with E-state index < -0.39 is 0 Å². The van der Waals surface area contributed by atoms with Gasteiger partial charge < -0.3 is 19.3 Å². The number of benzene rings is 1. The highest BCUT2D eigenvalue weighted by molar-refractivity contribution is 5.99. The molecule has 6 nitrogen and oxygen atoms in total. The third kappa shape index (κ3) is 4.24. The summed E-state index contributed by atoms with van der Waals surface area (Å²) >= 11 is 0. The predicted octanol–water partition coefficient (Wildman–Crippen LogP) is 2.19. The standard InChI is InChI=1S/C20H28N2O4/c1-13-9-21(10-14(2)25-13)19(23)17-6-5-7-18(8-17)20(24)22-11-15(3)26-16(4)12-22/h5-8,13-16H,9-12H2,1-4H3/t13-,14-,15+,16+. The van der Waals surface area contributed by atoms with E-state index in [1.54, 1.807) is 34.1 Å². The lowest BCUT2D eigenvalue weighted by atomic mass is 10.1. The summed E-state index contributed by atoms with van der Waals surface area (Å²) in [5.41, 5.74) is 1.10. The van der Waals surface area contributed by atoms with Crippen LogP contribution in [0.3, 0.4) is 0 Å². The van der Waals surface area contributed by atoms with Gasteiger partial charge in [-0.2, -0.15) is 0 Å². The van der Waals surface area contributed by atoms with Gasteiger partial charge in [-0.15, -0.1) is 0 Å². The van der Waals surface area contributed by atoms with Gasteiger partial charge in [0.05, 0.1) is 24.4 Å². The molecule has 2 fully saturated rings. The summed E-state index contributed by atoms with van der Waals surface area (Å²) in [6.45, 7) is 10.2. The van der Waals surface area contributed by atoms with Crippen LogP contribution in [0.4, 0.5) is 0 Å². The van der Waals surface area contributed by atoms with E-state index in [2.05, 4.69) is 0 Å². The molecule has 2 saturated heterocycles. The maximum atomic E-state index is 12.9. The third-order valence-electron chi connectivity index (χ3n) is 4.77. The highest BCUT2D eigenvalue weighted by Crippen LogP contribution is 2.18. The van der Waals surface area contributed by atoms with Crippen molar-refractivity contribution in [2.75, 3.05) is 26.2 Å². The molecule has 0 radical (unpaired) electrons. The van der Waals surface area contributed by atoms with E-state index in [0.29, 0.717) is 37.3 Å². The number of rotatable bonds is 2. The molecule has 1 aromatic carbocycles. The van der Waals surface area contributed by atoms with Crippen LogP contribution in [0.15, 0.2) is 24.3 Å². The number of morpholine rings is 2. The highest BCUT2D eigenvalue weighted by atomic mass is 16.5. The Hall–Kier alpha value is -1.92. The van der Waals surface area contributed by atoms with Gasteiger partial charge in [-0.1, -0.05) is 6.07 Å². The van der Waals surface area contributed by atoms with Crippen LogP contribution in [0.25, 0.3) is 0 Å². The molecule has 6 heteroatoms. The molecule has 2 aliphatic heterocycles. The smallest absolute Gasteiger partial charge is 0.254 e. The lowest BCUT2D eigenvalue weighted by molar-refractivity contribution is -0.0588. The van der Waals surface area contributed by atoms with Crippen molar-refractivity contribution in [1.82, 2.24) is 9.80 Å². The summed E-state index contributed by atoms with van der Waals surface area (Å²) in [7, 11) is 0. The number of hydrogen-bond acceptors (Lipinski definition) is 4. The summed E-state index contributed by atoms with van der Waals surface area (Å²) in [5, 5.41) is 0. The number of nitrogens with zero attached hydrogens (tertiary/aromatic N) is 2. The Bertz CT molecular complexity index is 604. The lowest BCUT2D eigenvalue weighted by Gasteiger charge is -2.36. The molecule has 0 unspecified atom stereocenters. The second-order valence-corrected chi connectivity index (χ2v) is 7.52. The maximum absolute atomic E-state index is 12.9. The van der Waals surface area contributed by atoms with Crippen molar-refractivity contribution in [3.63, 3.8) is 0 Å². The van der Waals surface area contributed by atoms with Crippen LogP contribution in [0.2, 0.25) is 0 Å². The lowest BCUT2D eigenvalue weighted by Crippen LogP contribution is -2.48. The van der Waals surface area contributed by atoms with E-state index in [1.807, 2.05) is 27.7 Å². The van der Waals surface area contributed by atoms with Gasteiger partial charge in [0.15, 0.2) is 0 Å². The number of carbonyl (C=O) groups excluding carboxylic acids is 2. The van der Waals surface area contributed by atoms with Gasteiger partial charge >= 0.3 is 0 Å². The van der Waals surface area contributed by atoms with Crippen molar-refractivity contribution in [3.8, 4) is 0 Å². The SMILES string of the molecule is C[C@@H]1CN(C(=O)c2cccc(C(=O)N3C[C@H](C)O[C@@H](C)C3)c2)C[C@@H](C)O1. The first kappa shape index (κ1) is 18.9. The minimum atomic E-state index is -0.0506. The number of ether oxygens (including phenoxy) is 2. The van der Waals surface area contributed by atoms with Gasteiger partial charge in [0.25, 0.3) is 11.8 Å². The van der Waals surface area contributed by atoms with Crippen molar-refractivity contribution in [3.05, 3.63) is 35.4 Å². The fraction of sp³-hybridized carbons (Fsp3) is 0.600. The average Bonchev–Trinajstić information content (AvgIpc) is 2.59. The molecule has 0 spiro atoms. The van der Waals surface area contributed by atoms with Crippen molar-refractivity contribution >= 4 is 11.8 Å². The van der Waals surface area contributed by atoms with Crippen LogP contribution in [-0.2, 0) is 9.47 Å². The van der Waals surface area contributed by atoms with Crippen molar-refractivity contribution in [1.29, 1.82) is 0 Å². The van der Waals surface area contributed by atoms with Gasteiger partial charge in [-0.05, 0) is 45.9 Å². The Labute approximate surface area is 155 Å². The zero-order valence-corrected chi connectivity index (χ0v) is 16.0. The van der Waals surface area contributed by atoms with E-state index in [0.717, 1.165) is 0 Å². The quantitative estimate of drug-likeness (QED) is 0.811. The molecule has 2 amide bonds. The molecular formula is C20H28N2O4. The Balaban J connectivity index is 1.75. The van der Waals surface area contributed by atoms with E-state index in [-0.39, 0.29) is 36.2 Å². The largest absolute Gasteiger partial charge is 0.372 e. The van der Waals surface area contributed by atoms with Gasteiger partial charge in [0.1, 0.15) is 0 Å². The van der Waals surface area contributed by atoms with Crippen molar-refractivity contribution < 1.29 is 19.1 Å². The van der Waals surface area contributed by atoms with Crippen LogP contribution in [0.5, 0.6) is 0 Å². The molecule has 0 bridgehead atoms. The van der Waals surface area contributed by atoms with Crippen LogP contribution in [0.1, 0.15) is 48.4 Å². The van der Waals surface area contributed by atoms with Crippen molar-refractivity contribution in [2.45, 2.75) is 52.1 Å². The molecule has 2 heterocycles. The van der Waals surface area contributed by atoms with Gasteiger partial charge in [-0.3, -0.25) is 9.59 Å². The van der Waals surface area contributed by atoms with Gasteiger partial charge in [-0.25, -0.2) is 0 Å². The summed E-state index contributed by atoms with van der Waals surface area (Å²) in [6.07, 6.45) is 0.0698. The number of hydrogen-bond donors (Lipinski definition) is 0. The van der Waals surface area contributed by atoms with E-state index in [4.69, 9.17) is 9.47 Å². The molecule has 0 aliphatic carbocycles. The Morgan fingerprint density at radius 3 is 1.46 bits per heavy atom. The molecule has 26 heavy (non-hydrogen) atoms. The van der Waals surface area contributed by atoms with Gasteiger partial charge in [0.2, 0.25) is 0 Å². The monoisotopic (exact) mass is 360 g/mol. The first-order chi connectivity index (χ1) is 12.3. The van der Waals surface area contributed by atoms with E-state index >= 15 is 0 Å². The van der Waals surface area contributed by atoms with E-state index in [9.17, 15) is 9.59 Å². The number of carbonyl (C=O) groups is 2. The van der Waals surface area contributed by atoms with Crippen LogP contribution in [0, 0.1) is 0 Å². The molecule has 0 saturated carbocycles. The maximum Gasteiger partial charge on any atom is 0.254 e. The summed E-state index contributed by atoms with van der Waals surface area (Å²) in [4.78, 5) is 29.4. The first-order valence-corrected chi connectivity index (χ1v) is 9.33. The Kier molecular flexibility index (Phi) is 5.63. The first-order valence-electron chi connectivity index (χ1n) is 9.33. The molecule has 0 N–H and O–H groups in total. The molecule has 1 aromatic rings. The molecule has 0 aromatic heterocycles. The van der Waals surface area contributed by atoms with Gasteiger partial charge in [0, 0.05) is 37.3 Å². The molecule has 142 valence electrons. The second-order valence-electron chi connectivity index (χ2n) is 7.52. The Morgan fingerprint density at radius 1 is 0.769 bits per heavy atom. The number of amides is 2. The summed E-state index contributed by atoms with van der Waals surface area (Å²) < 4.78 is 11.4. The highest BCUT2D eigenvalue weighted by Gasteiger charge is 2.29. The molecule has 3 rings (SSSR count). The molecule has 4 atom stereocenters. The van der Waals surface area contributed by atoms with E-state index in [1.165, 1.54) is 0 Å². The zero-order valence-electron chi connectivity index (χ0n) is 16.0. The summed E-state index contributed by atoms with van der Waals surface area (Å²) in [5.74, 6) is -0.101. The topological polar surface area (TPSA) is 59.1 Å². The van der Waals surface area contributed by atoms with Crippen molar-refractivity contribution in [2.24, 2.45) is 0 Å². The van der Waals surface area contributed by atoms with Crippen LogP contribution in [-0.4, -0.2) is 72.2 Å². The fourth-order valence-electron chi connectivity index (χ4n) is 3.84. The molecule has 2 aliphatic rings. The minimum Gasteiger partial charge on any atom is -0.372 e. The zero-order chi connectivity index (χ0) is 18.8. The Morgan fingerprint density at radius 2 is 1.12 bits per heavy atom. The summed E-state index contributed by atoms with van der Waals surface area (Å²) in [6, 6.07) is 7.03. The normalized spacial score (nSPS) is 29.5. The molecular weight excluding hydrogens is 332 g/mol. The minimum absolute atomic E-state index is 0.0174. The van der Waals surface area contributed by atoms with Crippen LogP contribution >= 0.6 is 0 Å². The third-order valence-corrected chi connectivity index (χ3v) is 4.77. The van der Waals surface area contributed by atoms with Crippen LogP contribution < -0.4 is 0 Å².